The average molecular weight is 408 g/mol. The van der Waals surface area contributed by atoms with E-state index in [4.69, 9.17) is 4.74 Å². The molecule has 3 amide bonds. The summed E-state index contributed by atoms with van der Waals surface area (Å²) >= 11 is 0. The number of hydrazone groups is 1. The quantitative estimate of drug-likeness (QED) is 0.269. The number of nitrogens with zero attached hydrogens (tertiary/aromatic N) is 1. The number of nitrogens with one attached hydrogen (secondary N) is 3. The molecule has 2 rings (SSSR count). The van der Waals surface area contributed by atoms with Crippen LogP contribution in [0.15, 0.2) is 60.2 Å². The molecule has 0 aromatic heterocycles. The van der Waals surface area contributed by atoms with Crippen LogP contribution in [-0.4, -0.2) is 37.1 Å². The number of ether oxygens (including phenoxy) is 1. The Balaban J connectivity index is 1.79. The Bertz CT molecular complexity index is 932. The molecule has 2 aromatic carbocycles. The molecule has 2 aromatic rings. The van der Waals surface area contributed by atoms with Gasteiger partial charge in [0, 0.05) is 12.2 Å². The number of carbonyl (C=O) groups is 3. The number of aryl methyl sites for hydroxylation is 2. The van der Waals surface area contributed by atoms with Gasteiger partial charge in [0.05, 0.1) is 6.21 Å². The van der Waals surface area contributed by atoms with E-state index in [2.05, 4.69) is 27.7 Å². The monoisotopic (exact) mass is 408 g/mol. The van der Waals surface area contributed by atoms with Gasteiger partial charge in [0.2, 0.25) is 0 Å². The molecule has 0 aliphatic carbocycles. The smallest absolute Gasteiger partial charge is 0.329 e. The molecule has 0 radical (unpaired) electrons. The van der Waals surface area contributed by atoms with Crippen molar-refractivity contribution in [1.29, 1.82) is 0 Å². The molecule has 3 N–H and O–H groups in total. The lowest BCUT2D eigenvalue weighted by atomic mass is 10.1. The third-order valence-corrected chi connectivity index (χ3v) is 3.75. The van der Waals surface area contributed by atoms with Crippen molar-refractivity contribution in [3.8, 4) is 5.75 Å². The van der Waals surface area contributed by atoms with E-state index in [1.165, 1.54) is 12.3 Å². The standard InChI is InChI=1S/C22H24N4O4/c1-4-9-23-21(28)22(29)26-24-13-17-5-7-19(8-6-17)30-14-20(27)25-18-11-15(2)10-16(3)12-18/h4-8,10-13H,1,9,14H2,2-3H3,(H,23,28)(H,25,27)(H,26,29)/b24-13-. The summed E-state index contributed by atoms with van der Waals surface area (Å²) in [6, 6.07) is 12.5. The molecule has 8 nitrogen and oxygen atoms in total. The fourth-order valence-corrected chi connectivity index (χ4v) is 2.50. The van der Waals surface area contributed by atoms with Crippen LogP contribution in [0.3, 0.4) is 0 Å². The second-order valence-corrected chi connectivity index (χ2v) is 6.48. The van der Waals surface area contributed by atoms with Gasteiger partial charge in [-0.05, 0) is 66.9 Å². The van der Waals surface area contributed by atoms with Crippen molar-refractivity contribution in [3.63, 3.8) is 0 Å². The van der Waals surface area contributed by atoms with Crippen LogP contribution >= 0.6 is 0 Å². The Morgan fingerprint density at radius 2 is 1.70 bits per heavy atom. The van der Waals surface area contributed by atoms with E-state index in [9.17, 15) is 14.4 Å². The largest absolute Gasteiger partial charge is 0.484 e. The van der Waals surface area contributed by atoms with Crippen molar-refractivity contribution in [1.82, 2.24) is 10.7 Å². The van der Waals surface area contributed by atoms with Crippen molar-refractivity contribution in [3.05, 3.63) is 71.8 Å². The van der Waals surface area contributed by atoms with Gasteiger partial charge in [-0.15, -0.1) is 6.58 Å². The summed E-state index contributed by atoms with van der Waals surface area (Å²) < 4.78 is 5.48. The highest BCUT2D eigenvalue weighted by Gasteiger charge is 2.10. The summed E-state index contributed by atoms with van der Waals surface area (Å²) in [7, 11) is 0. The molecular weight excluding hydrogens is 384 g/mol. The second-order valence-electron chi connectivity index (χ2n) is 6.48. The molecule has 8 heteroatoms. The first-order valence-corrected chi connectivity index (χ1v) is 9.20. The third-order valence-electron chi connectivity index (χ3n) is 3.75. The van der Waals surface area contributed by atoms with Crippen molar-refractivity contribution in [2.45, 2.75) is 13.8 Å². The number of amides is 3. The van der Waals surface area contributed by atoms with Crippen LogP contribution in [-0.2, 0) is 14.4 Å². The van der Waals surface area contributed by atoms with Gasteiger partial charge < -0.3 is 15.4 Å². The van der Waals surface area contributed by atoms with Gasteiger partial charge in [-0.1, -0.05) is 12.1 Å². The number of hydrogen-bond acceptors (Lipinski definition) is 5. The second kappa shape index (κ2) is 11.2. The van der Waals surface area contributed by atoms with Gasteiger partial charge >= 0.3 is 11.8 Å². The molecule has 0 bridgehead atoms. The molecule has 156 valence electrons. The van der Waals surface area contributed by atoms with Crippen molar-refractivity contribution in [2.24, 2.45) is 5.10 Å². The zero-order chi connectivity index (χ0) is 21.9. The highest BCUT2D eigenvalue weighted by atomic mass is 16.5. The van der Waals surface area contributed by atoms with E-state index in [1.807, 2.05) is 32.0 Å². The maximum Gasteiger partial charge on any atom is 0.329 e. The van der Waals surface area contributed by atoms with Gasteiger partial charge in [0.25, 0.3) is 5.91 Å². The zero-order valence-corrected chi connectivity index (χ0v) is 16.9. The maximum absolute atomic E-state index is 12.1. The minimum Gasteiger partial charge on any atom is -0.484 e. The molecule has 0 unspecified atom stereocenters. The summed E-state index contributed by atoms with van der Waals surface area (Å²) in [5.74, 6) is -1.42. The number of rotatable bonds is 8. The fourth-order valence-electron chi connectivity index (χ4n) is 2.50. The lowest BCUT2D eigenvalue weighted by molar-refractivity contribution is -0.139. The summed E-state index contributed by atoms with van der Waals surface area (Å²) in [6.07, 6.45) is 2.85. The molecular formula is C22H24N4O4. The Labute approximate surface area is 175 Å². The van der Waals surface area contributed by atoms with Crippen LogP contribution in [0.4, 0.5) is 5.69 Å². The zero-order valence-electron chi connectivity index (χ0n) is 16.9. The minimum absolute atomic E-state index is 0.129. The molecule has 0 aliphatic rings. The SMILES string of the molecule is C=CCNC(=O)C(=O)N/N=C\c1ccc(OCC(=O)Nc2cc(C)cc(C)c2)cc1. The fraction of sp³-hybridized carbons (Fsp3) is 0.182. The minimum atomic E-state index is -0.872. The Morgan fingerprint density at radius 1 is 1.03 bits per heavy atom. The van der Waals surface area contributed by atoms with Gasteiger partial charge in [0.1, 0.15) is 5.75 Å². The van der Waals surface area contributed by atoms with E-state index in [0.29, 0.717) is 11.3 Å². The Hall–Kier alpha value is -3.94. The van der Waals surface area contributed by atoms with E-state index in [-0.39, 0.29) is 19.1 Å². The van der Waals surface area contributed by atoms with Gasteiger partial charge in [-0.2, -0.15) is 5.10 Å². The Morgan fingerprint density at radius 3 is 2.33 bits per heavy atom. The molecule has 30 heavy (non-hydrogen) atoms. The lowest BCUT2D eigenvalue weighted by Gasteiger charge is -2.09. The third kappa shape index (κ3) is 7.59. The molecule has 0 fully saturated rings. The Kier molecular flexibility index (Phi) is 8.31. The predicted molar refractivity (Wildman–Crippen MR) is 115 cm³/mol. The highest BCUT2D eigenvalue weighted by molar-refractivity contribution is 6.35. The number of carbonyl (C=O) groups excluding carboxylic acids is 3. The van der Waals surface area contributed by atoms with E-state index >= 15 is 0 Å². The maximum atomic E-state index is 12.1. The van der Waals surface area contributed by atoms with Crippen molar-refractivity contribution < 1.29 is 19.1 Å². The first kappa shape index (κ1) is 22.4. The van der Waals surface area contributed by atoms with E-state index in [1.54, 1.807) is 24.3 Å². The summed E-state index contributed by atoms with van der Waals surface area (Å²) in [5.41, 5.74) is 5.66. The summed E-state index contributed by atoms with van der Waals surface area (Å²) in [5, 5.41) is 8.86. The first-order chi connectivity index (χ1) is 14.4. The van der Waals surface area contributed by atoms with Gasteiger partial charge in [0.15, 0.2) is 6.61 Å². The van der Waals surface area contributed by atoms with E-state index < -0.39 is 11.8 Å². The van der Waals surface area contributed by atoms with Crippen LogP contribution in [0.5, 0.6) is 5.75 Å². The molecule has 0 saturated heterocycles. The molecule has 0 saturated carbocycles. The number of anilines is 1. The number of benzene rings is 2. The molecule has 0 atom stereocenters. The van der Waals surface area contributed by atoms with Crippen LogP contribution in [0.2, 0.25) is 0 Å². The first-order valence-electron chi connectivity index (χ1n) is 9.20. The highest BCUT2D eigenvalue weighted by Crippen LogP contribution is 2.14. The van der Waals surface area contributed by atoms with Crippen molar-refractivity contribution in [2.75, 3.05) is 18.5 Å². The van der Waals surface area contributed by atoms with Crippen LogP contribution in [0.1, 0.15) is 16.7 Å². The van der Waals surface area contributed by atoms with Crippen LogP contribution in [0, 0.1) is 13.8 Å². The normalized spacial score (nSPS) is 10.3. The topological polar surface area (TPSA) is 109 Å². The van der Waals surface area contributed by atoms with E-state index in [0.717, 1.165) is 16.8 Å². The predicted octanol–water partition coefficient (Wildman–Crippen LogP) is 2.07. The van der Waals surface area contributed by atoms with Gasteiger partial charge in [-0.3, -0.25) is 14.4 Å². The van der Waals surface area contributed by atoms with Crippen molar-refractivity contribution >= 4 is 29.6 Å². The lowest BCUT2D eigenvalue weighted by Crippen LogP contribution is -2.37. The summed E-state index contributed by atoms with van der Waals surface area (Å²) in [6.45, 7) is 7.44. The molecule has 0 spiro atoms. The molecule has 0 aliphatic heterocycles. The molecule has 0 heterocycles. The van der Waals surface area contributed by atoms with Crippen LogP contribution < -0.4 is 20.8 Å². The van der Waals surface area contributed by atoms with Gasteiger partial charge in [-0.25, -0.2) is 5.43 Å². The van der Waals surface area contributed by atoms with Crippen LogP contribution in [0.25, 0.3) is 0 Å². The number of hydrogen-bond donors (Lipinski definition) is 3. The summed E-state index contributed by atoms with van der Waals surface area (Å²) in [4.78, 5) is 34.9. The average Bonchev–Trinajstić information content (AvgIpc) is 2.70.